The van der Waals surface area contributed by atoms with Crippen LogP contribution in [0.3, 0.4) is 0 Å². The Hall–Kier alpha value is -1.95. The lowest BCUT2D eigenvalue weighted by atomic mass is 9.80. The summed E-state index contributed by atoms with van der Waals surface area (Å²) in [6, 6.07) is 8.07. The van der Waals surface area contributed by atoms with E-state index < -0.39 is 11.6 Å². The SMILES string of the molecule is CCOC(=O)N1C(=O)C2(CCCCC2)N(c2ccc(CC)cc2)C1=S. The van der Waals surface area contributed by atoms with Crippen molar-refractivity contribution in [1.82, 2.24) is 4.90 Å². The number of imide groups is 1. The van der Waals surface area contributed by atoms with Crippen LogP contribution >= 0.6 is 12.2 Å². The minimum atomic E-state index is -0.754. The molecule has 2 amide bonds. The maximum atomic E-state index is 13.2. The van der Waals surface area contributed by atoms with E-state index >= 15 is 0 Å². The lowest BCUT2D eigenvalue weighted by Crippen LogP contribution is -2.51. The van der Waals surface area contributed by atoms with Gasteiger partial charge in [0, 0.05) is 5.69 Å². The molecule has 1 aliphatic carbocycles. The van der Waals surface area contributed by atoms with Gasteiger partial charge in [0.1, 0.15) is 5.54 Å². The summed E-state index contributed by atoms with van der Waals surface area (Å²) in [6.07, 6.45) is 4.70. The van der Waals surface area contributed by atoms with E-state index in [4.69, 9.17) is 17.0 Å². The summed E-state index contributed by atoms with van der Waals surface area (Å²) < 4.78 is 5.07. The number of hydrogen-bond acceptors (Lipinski definition) is 4. The van der Waals surface area contributed by atoms with Gasteiger partial charge in [0.25, 0.3) is 5.91 Å². The Morgan fingerprint density at radius 2 is 1.80 bits per heavy atom. The summed E-state index contributed by atoms with van der Waals surface area (Å²) in [7, 11) is 0. The smallest absolute Gasteiger partial charge is 0.423 e. The number of anilines is 1. The second kappa shape index (κ2) is 7.12. The molecule has 1 aliphatic heterocycles. The Morgan fingerprint density at radius 3 is 2.36 bits per heavy atom. The molecule has 3 rings (SSSR count). The number of ether oxygens (including phenoxy) is 1. The number of hydrogen-bond donors (Lipinski definition) is 0. The maximum absolute atomic E-state index is 13.2. The first-order chi connectivity index (χ1) is 12.0. The van der Waals surface area contributed by atoms with Crippen molar-refractivity contribution in [3.63, 3.8) is 0 Å². The van der Waals surface area contributed by atoms with Gasteiger partial charge in [-0.15, -0.1) is 0 Å². The Bertz CT molecular complexity index is 680. The molecule has 2 aliphatic rings. The number of carbonyl (C=O) groups excluding carboxylic acids is 2. The van der Waals surface area contributed by atoms with Crippen molar-refractivity contribution in [1.29, 1.82) is 0 Å². The number of thiocarbonyl (C=S) groups is 1. The van der Waals surface area contributed by atoms with Crippen molar-refractivity contribution >= 4 is 35.0 Å². The minimum Gasteiger partial charge on any atom is -0.449 e. The van der Waals surface area contributed by atoms with Gasteiger partial charge in [-0.1, -0.05) is 38.3 Å². The molecular weight excluding hydrogens is 336 g/mol. The largest absolute Gasteiger partial charge is 0.449 e. The first-order valence-corrected chi connectivity index (χ1v) is 9.40. The molecule has 0 atom stereocenters. The fourth-order valence-electron chi connectivity index (χ4n) is 3.84. The highest BCUT2D eigenvalue weighted by Gasteiger charge is 2.58. The van der Waals surface area contributed by atoms with Crippen LogP contribution in [0.2, 0.25) is 0 Å². The number of aryl methyl sites for hydroxylation is 1. The highest BCUT2D eigenvalue weighted by molar-refractivity contribution is 7.80. The summed E-state index contributed by atoms with van der Waals surface area (Å²) in [5, 5.41) is 0.231. The average molecular weight is 360 g/mol. The second-order valence-corrected chi connectivity index (χ2v) is 6.93. The van der Waals surface area contributed by atoms with E-state index in [0.29, 0.717) is 12.8 Å². The van der Waals surface area contributed by atoms with Gasteiger partial charge in [-0.25, -0.2) is 4.79 Å². The van der Waals surface area contributed by atoms with Gasteiger partial charge in [-0.05, 0) is 56.1 Å². The fraction of sp³-hybridized carbons (Fsp3) is 0.526. The molecule has 25 heavy (non-hydrogen) atoms. The fourth-order valence-corrected chi connectivity index (χ4v) is 4.27. The zero-order valence-electron chi connectivity index (χ0n) is 14.8. The van der Waals surface area contributed by atoms with E-state index in [9.17, 15) is 9.59 Å². The molecule has 2 fully saturated rings. The molecule has 1 saturated heterocycles. The first kappa shape index (κ1) is 17.9. The molecular formula is C19H24N2O3S. The molecule has 0 bridgehead atoms. The Morgan fingerprint density at radius 1 is 1.16 bits per heavy atom. The number of rotatable bonds is 3. The third-order valence-electron chi connectivity index (χ3n) is 5.15. The van der Waals surface area contributed by atoms with Crippen molar-refractivity contribution in [2.24, 2.45) is 0 Å². The van der Waals surface area contributed by atoms with Crippen molar-refractivity contribution in [2.45, 2.75) is 57.9 Å². The highest BCUT2D eigenvalue weighted by Crippen LogP contribution is 2.43. The molecule has 1 saturated carbocycles. The van der Waals surface area contributed by atoms with Crippen LogP contribution in [-0.4, -0.2) is 34.2 Å². The van der Waals surface area contributed by atoms with Gasteiger partial charge in [0.05, 0.1) is 6.61 Å². The summed E-state index contributed by atoms with van der Waals surface area (Å²) in [6.45, 7) is 4.03. The molecule has 0 N–H and O–H groups in total. The molecule has 0 radical (unpaired) electrons. The lowest BCUT2D eigenvalue weighted by Gasteiger charge is -2.39. The Balaban J connectivity index is 2.04. The maximum Gasteiger partial charge on any atom is 0.423 e. The molecule has 1 aromatic rings. The van der Waals surface area contributed by atoms with Crippen LogP contribution < -0.4 is 4.90 Å². The number of benzene rings is 1. The highest BCUT2D eigenvalue weighted by atomic mass is 32.1. The normalized spacial score (nSPS) is 19.6. The van der Waals surface area contributed by atoms with Crippen LogP contribution in [-0.2, 0) is 16.0 Å². The second-order valence-electron chi connectivity index (χ2n) is 6.57. The van der Waals surface area contributed by atoms with E-state index in [1.54, 1.807) is 6.92 Å². The number of amides is 2. The third kappa shape index (κ3) is 2.92. The molecule has 1 aromatic carbocycles. The van der Waals surface area contributed by atoms with Crippen molar-refractivity contribution in [3.8, 4) is 0 Å². The number of nitrogens with zero attached hydrogens (tertiary/aromatic N) is 2. The predicted molar refractivity (Wildman–Crippen MR) is 101 cm³/mol. The van der Waals surface area contributed by atoms with Crippen LogP contribution in [0.1, 0.15) is 51.5 Å². The Labute approximate surface area is 153 Å². The molecule has 0 unspecified atom stereocenters. The topological polar surface area (TPSA) is 49.9 Å². The predicted octanol–water partition coefficient (Wildman–Crippen LogP) is 4.04. The van der Waals surface area contributed by atoms with Crippen LogP contribution in [0.5, 0.6) is 0 Å². The summed E-state index contributed by atoms with van der Waals surface area (Å²) in [5.74, 6) is -0.241. The number of carbonyl (C=O) groups is 2. The van der Waals surface area contributed by atoms with Crippen LogP contribution in [0.15, 0.2) is 24.3 Å². The zero-order valence-corrected chi connectivity index (χ0v) is 15.6. The standard InChI is InChI=1S/C19H24N2O3S/c1-3-14-8-10-15(11-9-14)21-17(25)20(18(23)24-4-2)16(22)19(21)12-6-5-7-13-19/h8-11H,3-7,12-13H2,1-2H3. The lowest BCUT2D eigenvalue weighted by molar-refractivity contribution is -0.130. The van der Waals surface area contributed by atoms with Gasteiger partial charge in [0.2, 0.25) is 0 Å². The molecule has 1 spiro atoms. The summed E-state index contributed by atoms with van der Waals surface area (Å²) in [4.78, 5) is 28.5. The van der Waals surface area contributed by atoms with Gasteiger partial charge >= 0.3 is 6.09 Å². The van der Waals surface area contributed by atoms with Crippen LogP contribution in [0, 0.1) is 0 Å². The Kier molecular flexibility index (Phi) is 5.08. The van der Waals surface area contributed by atoms with E-state index in [1.807, 2.05) is 29.2 Å². The minimum absolute atomic E-state index is 0.212. The molecule has 134 valence electrons. The molecule has 0 aromatic heterocycles. The molecule has 1 heterocycles. The van der Waals surface area contributed by atoms with Crippen molar-refractivity contribution < 1.29 is 14.3 Å². The quantitative estimate of drug-likeness (QED) is 0.762. The van der Waals surface area contributed by atoms with Crippen molar-refractivity contribution in [3.05, 3.63) is 29.8 Å². The van der Waals surface area contributed by atoms with E-state index in [1.165, 1.54) is 5.56 Å². The van der Waals surface area contributed by atoms with Gasteiger partial charge in [-0.2, -0.15) is 4.90 Å². The summed E-state index contributed by atoms with van der Waals surface area (Å²) >= 11 is 5.56. The van der Waals surface area contributed by atoms with E-state index in [2.05, 4.69) is 6.92 Å². The first-order valence-electron chi connectivity index (χ1n) is 8.99. The van der Waals surface area contributed by atoms with Gasteiger partial charge in [-0.3, -0.25) is 4.79 Å². The van der Waals surface area contributed by atoms with Crippen LogP contribution in [0.4, 0.5) is 10.5 Å². The zero-order chi connectivity index (χ0) is 18.0. The summed E-state index contributed by atoms with van der Waals surface area (Å²) in [5.41, 5.74) is 1.33. The molecule has 5 nitrogen and oxygen atoms in total. The van der Waals surface area contributed by atoms with Crippen molar-refractivity contribution in [2.75, 3.05) is 11.5 Å². The monoisotopic (exact) mass is 360 g/mol. The van der Waals surface area contributed by atoms with Gasteiger partial charge < -0.3 is 9.64 Å². The molecule has 6 heteroatoms. The average Bonchev–Trinajstić information content (AvgIpc) is 2.83. The van der Waals surface area contributed by atoms with Gasteiger partial charge in [0.15, 0.2) is 5.11 Å². The van der Waals surface area contributed by atoms with E-state index in [-0.39, 0.29) is 17.6 Å². The van der Waals surface area contributed by atoms with E-state index in [0.717, 1.165) is 36.3 Å². The van der Waals surface area contributed by atoms with Crippen LogP contribution in [0.25, 0.3) is 0 Å². The third-order valence-corrected chi connectivity index (χ3v) is 5.51.